The Kier molecular flexibility index (Phi) is 4.42. The van der Waals surface area contributed by atoms with Crippen LogP contribution in [0.2, 0.25) is 0 Å². The number of nitrogens with zero attached hydrogens (tertiary/aromatic N) is 2. The van der Waals surface area contributed by atoms with Crippen LogP contribution in [0.3, 0.4) is 0 Å². The average molecular weight is 280 g/mol. The number of carbonyl (C=O) groups excluding carboxylic acids is 1. The lowest BCUT2D eigenvalue weighted by molar-refractivity contribution is -0.128. The third kappa shape index (κ3) is 3.70. The molecule has 0 unspecified atom stereocenters. The van der Waals surface area contributed by atoms with Gasteiger partial charge in [0, 0.05) is 23.7 Å². The van der Waals surface area contributed by atoms with Gasteiger partial charge >= 0.3 is 5.97 Å². The molecule has 0 aliphatic heterocycles. The first-order valence-corrected chi connectivity index (χ1v) is 7.22. The van der Waals surface area contributed by atoms with Crippen molar-refractivity contribution in [1.29, 1.82) is 0 Å². The Balaban J connectivity index is 1.92. The summed E-state index contributed by atoms with van der Waals surface area (Å²) in [6, 6.07) is 3.64. The summed E-state index contributed by atoms with van der Waals surface area (Å²) >= 11 is 1.35. The van der Waals surface area contributed by atoms with Crippen molar-refractivity contribution in [3.05, 3.63) is 24.0 Å². The number of amides is 1. The van der Waals surface area contributed by atoms with Crippen LogP contribution in [-0.2, 0) is 4.79 Å². The molecule has 5 nitrogen and oxygen atoms in total. The normalized spacial score (nSPS) is 14.2. The third-order valence-corrected chi connectivity index (χ3v) is 3.94. The smallest absolute Gasteiger partial charge is 0.354 e. The van der Waals surface area contributed by atoms with E-state index in [4.69, 9.17) is 5.11 Å². The van der Waals surface area contributed by atoms with E-state index in [1.165, 1.54) is 24.0 Å². The van der Waals surface area contributed by atoms with Crippen LogP contribution in [0.25, 0.3) is 0 Å². The Hall–Kier alpha value is -1.56. The lowest BCUT2D eigenvalue weighted by atomic mass is 10.3. The van der Waals surface area contributed by atoms with Crippen LogP contribution in [-0.4, -0.2) is 45.2 Å². The van der Waals surface area contributed by atoms with Crippen molar-refractivity contribution in [2.45, 2.75) is 30.7 Å². The molecule has 1 fully saturated rings. The van der Waals surface area contributed by atoms with Gasteiger partial charge in [0.1, 0.15) is 5.69 Å². The Morgan fingerprint density at radius 1 is 1.53 bits per heavy atom. The summed E-state index contributed by atoms with van der Waals surface area (Å²) in [5.41, 5.74) is 0.00647. The highest BCUT2D eigenvalue weighted by atomic mass is 32.2. The number of hydrogen-bond donors (Lipinski definition) is 1. The van der Waals surface area contributed by atoms with E-state index in [-0.39, 0.29) is 11.6 Å². The van der Waals surface area contributed by atoms with Crippen molar-refractivity contribution in [2.75, 3.05) is 12.3 Å². The molecular formula is C13H16N2O3S. The first-order valence-electron chi connectivity index (χ1n) is 6.23. The number of thioether (sulfide) groups is 1. The molecule has 1 aromatic heterocycles. The Bertz CT molecular complexity index is 489. The Labute approximate surface area is 116 Å². The average Bonchev–Trinajstić information content (AvgIpc) is 3.22. The minimum atomic E-state index is -1.05. The van der Waals surface area contributed by atoms with Gasteiger partial charge in [0.25, 0.3) is 0 Å². The highest BCUT2D eigenvalue weighted by Crippen LogP contribution is 2.28. The molecule has 1 aliphatic rings. The van der Waals surface area contributed by atoms with Crippen LogP contribution < -0.4 is 0 Å². The van der Waals surface area contributed by atoms with Gasteiger partial charge in [0.2, 0.25) is 5.91 Å². The van der Waals surface area contributed by atoms with Gasteiger partial charge in [0.15, 0.2) is 0 Å². The van der Waals surface area contributed by atoms with Crippen molar-refractivity contribution >= 4 is 23.6 Å². The number of aromatic carboxylic acids is 1. The molecular weight excluding hydrogens is 264 g/mol. The summed E-state index contributed by atoms with van der Waals surface area (Å²) in [5.74, 6) is -0.599. The molecule has 0 saturated heterocycles. The van der Waals surface area contributed by atoms with E-state index in [0.717, 1.165) is 24.3 Å². The maximum atomic E-state index is 12.0. The lowest BCUT2D eigenvalue weighted by Gasteiger charge is -2.19. The number of carbonyl (C=O) groups is 2. The van der Waals surface area contributed by atoms with E-state index in [2.05, 4.69) is 4.98 Å². The summed E-state index contributed by atoms with van der Waals surface area (Å²) in [7, 11) is 0. The van der Waals surface area contributed by atoms with Gasteiger partial charge in [-0.25, -0.2) is 9.78 Å². The Morgan fingerprint density at radius 2 is 2.26 bits per heavy atom. The van der Waals surface area contributed by atoms with Gasteiger partial charge in [0.05, 0.1) is 5.75 Å². The topological polar surface area (TPSA) is 70.5 Å². The van der Waals surface area contributed by atoms with Gasteiger partial charge in [-0.1, -0.05) is 0 Å². The molecule has 102 valence electrons. The fourth-order valence-corrected chi connectivity index (χ4v) is 2.68. The molecule has 0 bridgehead atoms. The van der Waals surface area contributed by atoms with Crippen molar-refractivity contribution in [3.63, 3.8) is 0 Å². The molecule has 0 spiro atoms. The maximum Gasteiger partial charge on any atom is 0.354 e. The summed E-state index contributed by atoms with van der Waals surface area (Å²) in [6.07, 6.45) is 3.65. The third-order valence-electron chi connectivity index (χ3n) is 2.96. The van der Waals surface area contributed by atoms with Gasteiger partial charge < -0.3 is 10.0 Å². The largest absolute Gasteiger partial charge is 0.477 e. The van der Waals surface area contributed by atoms with Gasteiger partial charge in [-0.2, -0.15) is 0 Å². The standard InChI is InChI=1S/C13H16N2O3S/c1-2-15(9-3-4-9)12(16)8-19-10-5-6-14-11(7-10)13(17)18/h5-7,9H,2-4,8H2,1H3,(H,17,18). The van der Waals surface area contributed by atoms with E-state index in [0.29, 0.717) is 11.8 Å². The van der Waals surface area contributed by atoms with Crippen LogP contribution >= 0.6 is 11.8 Å². The minimum absolute atomic E-state index is 0.00647. The van der Waals surface area contributed by atoms with Gasteiger partial charge in [-0.3, -0.25) is 4.79 Å². The van der Waals surface area contributed by atoms with Gasteiger partial charge in [-0.05, 0) is 31.9 Å². The SMILES string of the molecule is CCN(C(=O)CSc1ccnc(C(=O)O)c1)C1CC1. The van der Waals surface area contributed by atoms with E-state index in [1.54, 1.807) is 6.07 Å². The number of pyridine rings is 1. The lowest BCUT2D eigenvalue weighted by Crippen LogP contribution is -2.34. The first kappa shape index (κ1) is 13.9. The molecule has 19 heavy (non-hydrogen) atoms. The molecule has 0 atom stereocenters. The molecule has 6 heteroatoms. The van der Waals surface area contributed by atoms with E-state index >= 15 is 0 Å². The fraction of sp³-hybridized carbons (Fsp3) is 0.462. The zero-order valence-electron chi connectivity index (χ0n) is 10.7. The van der Waals surface area contributed by atoms with Crippen molar-refractivity contribution in [2.24, 2.45) is 0 Å². The molecule has 1 N–H and O–H groups in total. The van der Waals surface area contributed by atoms with Crippen LogP contribution in [0.4, 0.5) is 0 Å². The van der Waals surface area contributed by atoms with Gasteiger partial charge in [-0.15, -0.1) is 11.8 Å². The molecule has 1 aromatic rings. The highest BCUT2D eigenvalue weighted by molar-refractivity contribution is 8.00. The van der Waals surface area contributed by atoms with Crippen molar-refractivity contribution in [3.8, 4) is 0 Å². The van der Waals surface area contributed by atoms with Crippen LogP contribution in [0.15, 0.2) is 23.2 Å². The first-order chi connectivity index (χ1) is 9.11. The van der Waals surface area contributed by atoms with E-state index < -0.39 is 5.97 Å². The van der Waals surface area contributed by atoms with Crippen molar-refractivity contribution < 1.29 is 14.7 Å². The number of aromatic nitrogens is 1. The maximum absolute atomic E-state index is 12.0. The second kappa shape index (κ2) is 6.06. The molecule has 0 radical (unpaired) electrons. The molecule has 1 aliphatic carbocycles. The molecule has 2 rings (SSSR count). The van der Waals surface area contributed by atoms with Crippen molar-refractivity contribution in [1.82, 2.24) is 9.88 Å². The van der Waals surface area contributed by atoms with Crippen LogP contribution in [0, 0.1) is 0 Å². The zero-order valence-corrected chi connectivity index (χ0v) is 11.5. The van der Waals surface area contributed by atoms with Crippen LogP contribution in [0.5, 0.6) is 0 Å². The molecule has 1 heterocycles. The number of carboxylic acids is 1. The number of carboxylic acid groups (broad SMARTS) is 1. The highest BCUT2D eigenvalue weighted by Gasteiger charge is 2.30. The number of hydrogen-bond acceptors (Lipinski definition) is 4. The quantitative estimate of drug-likeness (QED) is 0.806. The summed E-state index contributed by atoms with van der Waals surface area (Å²) in [5, 5.41) is 8.85. The Morgan fingerprint density at radius 3 is 2.84 bits per heavy atom. The monoisotopic (exact) mass is 280 g/mol. The molecule has 1 amide bonds. The molecule has 1 saturated carbocycles. The zero-order chi connectivity index (χ0) is 13.8. The predicted octanol–water partition coefficient (Wildman–Crippen LogP) is 1.88. The summed E-state index contributed by atoms with van der Waals surface area (Å²) in [6.45, 7) is 2.72. The summed E-state index contributed by atoms with van der Waals surface area (Å²) in [4.78, 5) is 29.2. The van der Waals surface area contributed by atoms with Crippen LogP contribution in [0.1, 0.15) is 30.3 Å². The predicted molar refractivity (Wildman–Crippen MR) is 72.3 cm³/mol. The van der Waals surface area contributed by atoms with E-state index in [9.17, 15) is 9.59 Å². The second-order valence-electron chi connectivity index (χ2n) is 4.38. The molecule has 0 aromatic carbocycles. The second-order valence-corrected chi connectivity index (χ2v) is 5.43. The fourth-order valence-electron chi connectivity index (χ4n) is 1.87. The number of rotatable bonds is 6. The minimum Gasteiger partial charge on any atom is -0.477 e. The summed E-state index contributed by atoms with van der Waals surface area (Å²) < 4.78 is 0. The van der Waals surface area contributed by atoms with E-state index in [1.807, 2.05) is 11.8 Å².